The van der Waals surface area contributed by atoms with E-state index in [9.17, 15) is 14.0 Å². The molecule has 0 saturated carbocycles. The van der Waals surface area contributed by atoms with Crippen molar-refractivity contribution in [1.82, 2.24) is 10.2 Å². The third-order valence-corrected chi connectivity index (χ3v) is 5.28. The number of halogens is 1. The van der Waals surface area contributed by atoms with E-state index in [2.05, 4.69) is 5.32 Å². The number of aryl methyl sites for hydroxylation is 2. The average molecular weight is 382 g/mol. The highest BCUT2D eigenvalue weighted by atomic mass is 19.1. The SMILES string of the molecule is Cc1cc(C)cc(C(=O)N2CCC[C@@H](C(=O)N[C@@H](C)c3ccccc3F)C2)c1. The molecule has 0 radical (unpaired) electrons. The van der Waals surface area contributed by atoms with Gasteiger partial charge in [-0.2, -0.15) is 0 Å². The van der Waals surface area contributed by atoms with E-state index in [4.69, 9.17) is 0 Å². The molecule has 1 fully saturated rings. The van der Waals surface area contributed by atoms with Crippen LogP contribution < -0.4 is 5.32 Å². The lowest BCUT2D eigenvalue weighted by Gasteiger charge is -2.33. The highest BCUT2D eigenvalue weighted by molar-refractivity contribution is 5.95. The maximum atomic E-state index is 13.9. The Hall–Kier alpha value is -2.69. The van der Waals surface area contributed by atoms with Gasteiger partial charge in [0.25, 0.3) is 5.91 Å². The van der Waals surface area contributed by atoms with Crippen LogP contribution in [0, 0.1) is 25.6 Å². The number of nitrogens with zero attached hydrogens (tertiary/aromatic N) is 1. The van der Waals surface area contributed by atoms with Crippen LogP contribution in [0.2, 0.25) is 0 Å². The Morgan fingerprint density at radius 1 is 1.14 bits per heavy atom. The first-order valence-electron chi connectivity index (χ1n) is 9.77. The quantitative estimate of drug-likeness (QED) is 0.863. The number of amides is 2. The monoisotopic (exact) mass is 382 g/mol. The zero-order valence-electron chi connectivity index (χ0n) is 16.7. The third-order valence-electron chi connectivity index (χ3n) is 5.28. The summed E-state index contributed by atoms with van der Waals surface area (Å²) in [5.41, 5.74) is 3.23. The summed E-state index contributed by atoms with van der Waals surface area (Å²) in [5, 5.41) is 2.91. The van der Waals surface area contributed by atoms with Crippen LogP contribution in [0.1, 0.15) is 52.9 Å². The summed E-state index contributed by atoms with van der Waals surface area (Å²) in [5.74, 6) is -0.775. The second-order valence-corrected chi connectivity index (χ2v) is 7.72. The van der Waals surface area contributed by atoms with Gasteiger partial charge >= 0.3 is 0 Å². The van der Waals surface area contributed by atoms with Gasteiger partial charge in [0, 0.05) is 24.2 Å². The Kier molecular flexibility index (Phi) is 6.12. The number of hydrogen-bond acceptors (Lipinski definition) is 2. The van der Waals surface area contributed by atoms with E-state index in [1.807, 2.05) is 32.0 Å². The van der Waals surface area contributed by atoms with Gasteiger partial charge in [0.05, 0.1) is 12.0 Å². The molecule has 5 heteroatoms. The van der Waals surface area contributed by atoms with E-state index < -0.39 is 6.04 Å². The van der Waals surface area contributed by atoms with Gasteiger partial charge in [0.15, 0.2) is 0 Å². The summed E-state index contributed by atoms with van der Waals surface area (Å²) in [4.78, 5) is 27.4. The van der Waals surface area contributed by atoms with E-state index >= 15 is 0 Å². The van der Waals surface area contributed by atoms with Crippen LogP contribution in [0.4, 0.5) is 4.39 Å². The van der Waals surface area contributed by atoms with Crippen LogP contribution in [0.5, 0.6) is 0 Å². The van der Waals surface area contributed by atoms with E-state index in [1.165, 1.54) is 6.07 Å². The third kappa shape index (κ3) is 4.58. The fourth-order valence-corrected chi connectivity index (χ4v) is 3.89. The first-order chi connectivity index (χ1) is 13.3. The maximum Gasteiger partial charge on any atom is 0.253 e. The predicted octanol–water partition coefficient (Wildman–Crippen LogP) is 4.17. The molecule has 0 aromatic heterocycles. The van der Waals surface area contributed by atoms with Crippen LogP contribution in [-0.4, -0.2) is 29.8 Å². The van der Waals surface area contributed by atoms with Crippen molar-refractivity contribution < 1.29 is 14.0 Å². The van der Waals surface area contributed by atoms with Crippen LogP contribution in [-0.2, 0) is 4.79 Å². The molecule has 2 amide bonds. The largest absolute Gasteiger partial charge is 0.349 e. The van der Waals surface area contributed by atoms with Gasteiger partial charge in [0.1, 0.15) is 5.82 Å². The molecular formula is C23H27FN2O2. The maximum absolute atomic E-state index is 13.9. The minimum atomic E-state index is -0.417. The minimum Gasteiger partial charge on any atom is -0.349 e. The number of piperidine rings is 1. The average Bonchev–Trinajstić information content (AvgIpc) is 2.67. The number of rotatable bonds is 4. The van der Waals surface area contributed by atoms with E-state index in [1.54, 1.807) is 30.0 Å². The van der Waals surface area contributed by atoms with Crippen molar-refractivity contribution in [2.75, 3.05) is 13.1 Å². The minimum absolute atomic E-state index is 0.0357. The zero-order chi connectivity index (χ0) is 20.3. The van der Waals surface area contributed by atoms with Gasteiger partial charge in [-0.1, -0.05) is 35.4 Å². The second kappa shape index (κ2) is 8.55. The molecule has 0 spiro atoms. The summed E-state index contributed by atoms with van der Waals surface area (Å²) < 4.78 is 13.9. The first kappa shape index (κ1) is 20.1. The van der Waals surface area contributed by atoms with Crippen molar-refractivity contribution in [2.45, 2.75) is 39.7 Å². The van der Waals surface area contributed by atoms with E-state index in [0.717, 1.165) is 24.0 Å². The number of hydrogen-bond donors (Lipinski definition) is 1. The molecule has 1 heterocycles. The fraction of sp³-hybridized carbons (Fsp3) is 0.391. The highest BCUT2D eigenvalue weighted by Gasteiger charge is 2.30. The smallest absolute Gasteiger partial charge is 0.253 e. The topological polar surface area (TPSA) is 49.4 Å². The Labute approximate surface area is 165 Å². The molecule has 4 nitrogen and oxygen atoms in total. The number of benzene rings is 2. The highest BCUT2D eigenvalue weighted by Crippen LogP contribution is 2.22. The Morgan fingerprint density at radius 2 is 1.82 bits per heavy atom. The van der Waals surface area contributed by atoms with Crippen molar-refractivity contribution in [1.29, 1.82) is 0 Å². The number of carbonyl (C=O) groups is 2. The second-order valence-electron chi connectivity index (χ2n) is 7.72. The molecule has 148 valence electrons. The van der Waals surface area contributed by atoms with Crippen LogP contribution in [0.3, 0.4) is 0 Å². The number of nitrogens with one attached hydrogen (secondary N) is 1. The molecular weight excluding hydrogens is 355 g/mol. The molecule has 3 rings (SSSR count). The molecule has 1 aliphatic heterocycles. The van der Waals surface area contributed by atoms with Crippen molar-refractivity contribution in [2.24, 2.45) is 5.92 Å². The first-order valence-corrected chi connectivity index (χ1v) is 9.77. The molecule has 2 aromatic carbocycles. The summed E-state index contributed by atoms with van der Waals surface area (Å²) in [7, 11) is 0. The lowest BCUT2D eigenvalue weighted by atomic mass is 9.95. The normalized spacial score (nSPS) is 17.9. The lowest BCUT2D eigenvalue weighted by Crippen LogP contribution is -2.46. The van der Waals surface area contributed by atoms with Crippen LogP contribution in [0.15, 0.2) is 42.5 Å². The molecule has 0 aliphatic carbocycles. The van der Waals surface area contributed by atoms with Gasteiger partial charge in [0.2, 0.25) is 5.91 Å². The summed E-state index contributed by atoms with van der Waals surface area (Å²) >= 11 is 0. The standard InChI is InChI=1S/C23H27FN2O2/c1-15-11-16(2)13-19(12-15)23(28)26-10-6-7-18(14-26)22(27)25-17(3)20-8-4-5-9-21(20)24/h4-5,8-9,11-13,17-18H,6-7,10,14H2,1-3H3,(H,25,27)/t17-,18+/m0/s1. The lowest BCUT2D eigenvalue weighted by molar-refractivity contribution is -0.127. The van der Waals surface area contributed by atoms with Crippen molar-refractivity contribution in [3.63, 3.8) is 0 Å². The molecule has 1 saturated heterocycles. The molecule has 1 aliphatic rings. The predicted molar refractivity (Wildman–Crippen MR) is 108 cm³/mol. The molecule has 2 atom stereocenters. The summed E-state index contributed by atoms with van der Waals surface area (Å²) in [6.07, 6.45) is 1.51. The van der Waals surface area contributed by atoms with Crippen molar-refractivity contribution in [3.05, 3.63) is 70.5 Å². The van der Waals surface area contributed by atoms with Gasteiger partial charge in [-0.15, -0.1) is 0 Å². The van der Waals surface area contributed by atoms with Crippen molar-refractivity contribution >= 4 is 11.8 Å². The summed E-state index contributed by atoms with van der Waals surface area (Å²) in [6.45, 7) is 6.76. The molecule has 0 unspecified atom stereocenters. The van der Waals surface area contributed by atoms with Crippen LogP contribution in [0.25, 0.3) is 0 Å². The molecule has 1 N–H and O–H groups in total. The fourth-order valence-electron chi connectivity index (χ4n) is 3.89. The molecule has 2 aromatic rings. The summed E-state index contributed by atoms with van der Waals surface area (Å²) in [6, 6.07) is 11.8. The Bertz CT molecular complexity index is 860. The number of carbonyl (C=O) groups excluding carboxylic acids is 2. The van der Waals surface area contributed by atoms with E-state index in [0.29, 0.717) is 24.2 Å². The Morgan fingerprint density at radius 3 is 2.50 bits per heavy atom. The Balaban J connectivity index is 1.66. The van der Waals surface area contributed by atoms with E-state index in [-0.39, 0.29) is 23.5 Å². The zero-order valence-corrected chi connectivity index (χ0v) is 16.7. The molecule has 0 bridgehead atoms. The van der Waals surface area contributed by atoms with Gasteiger partial charge in [-0.05, 0) is 51.8 Å². The molecule has 28 heavy (non-hydrogen) atoms. The van der Waals surface area contributed by atoms with Gasteiger partial charge < -0.3 is 10.2 Å². The number of likely N-dealkylation sites (tertiary alicyclic amines) is 1. The van der Waals surface area contributed by atoms with Gasteiger partial charge in [-0.3, -0.25) is 9.59 Å². The van der Waals surface area contributed by atoms with Crippen LogP contribution >= 0.6 is 0 Å². The van der Waals surface area contributed by atoms with Gasteiger partial charge in [-0.25, -0.2) is 4.39 Å². The van der Waals surface area contributed by atoms with Crippen molar-refractivity contribution in [3.8, 4) is 0 Å².